The maximum Gasteiger partial charge on any atom is 1.00 e. The number of rotatable bonds is 5. The van der Waals surface area contributed by atoms with E-state index in [9.17, 15) is 4.57 Å². The van der Waals surface area contributed by atoms with Crippen LogP contribution in [0.25, 0.3) is 0 Å². The van der Waals surface area contributed by atoms with Crippen LogP contribution in [0.15, 0.2) is 0 Å². The standard InChI is InChI=1S/C3H9O6P.Na.H/c1-2-7-10(6,9-5)8-3-4;;/h4-5H,2-3H2,1H3;;/q;+1;-1. The van der Waals surface area contributed by atoms with Gasteiger partial charge in [0.1, 0.15) is 0 Å². The average molecular weight is 196 g/mol. The molecule has 0 aromatic rings. The van der Waals surface area contributed by atoms with E-state index in [2.05, 4.69) is 13.7 Å². The van der Waals surface area contributed by atoms with Crippen LogP contribution in [0.4, 0.5) is 0 Å². The molecule has 0 aromatic carbocycles. The van der Waals surface area contributed by atoms with Crippen molar-refractivity contribution < 1.29 is 59.6 Å². The second kappa shape index (κ2) is 7.67. The van der Waals surface area contributed by atoms with Gasteiger partial charge < -0.3 is 6.53 Å². The Bertz CT molecular complexity index is 124. The summed E-state index contributed by atoms with van der Waals surface area (Å²) in [5.41, 5.74) is 0. The molecule has 0 amide bonds. The zero-order chi connectivity index (χ0) is 8.04. The Morgan fingerprint density at radius 1 is 1.55 bits per heavy atom. The Kier molecular flexibility index (Phi) is 10.1. The van der Waals surface area contributed by atoms with Crippen LogP contribution in [0.3, 0.4) is 0 Å². The number of hydrogen-bond donors (Lipinski definition) is 2. The molecule has 2 N–H and O–H groups in total. The van der Waals surface area contributed by atoms with Gasteiger partial charge in [0.15, 0.2) is 6.79 Å². The Labute approximate surface area is 87.8 Å². The summed E-state index contributed by atoms with van der Waals surface area (Å²) in [6, 6.07) is 0. The van der Waals surface area contributed by atoms with Crippen LogP contribution in [0, 0.1) is 0 Å². The molecule has 0 aliphatic heterocycles. The number of aliphatic hydroxyl groups excluding tert-OH is 1. The molecule has 6 nitrogen and oxygen atoms in total. The van der Waals surface area contributed by atoms with Crippen molar-refractivity contribution >= 4 is 7.82 Å². The van der Waals surface area contributed by atoms with E-state index in [1.807, 2.05) is 0 Å². The minimum Gasteiger partial charge on any atom is -1.00 e. The van der Waals surface area contributed by atoms with Crippen molar-refractivity contribution in [3.05, 3.63) is 0 Å². The second-order valence-corrected chi connectivity index (χ2v) is 2.78. The first-order valence-electron chi connectivity index (χ1n) is 2.51. The van der Waals surface area contributed by atoms with Crippen LogP contribution in [0.5, 0.6) is 0 Å². The minimum atomic E-state index is -3.89. The van der Waals surface area contributed by atoms with Crippen molar-refractivity contribution in [2.24, 2.45) is 0 Å². The molecule has 0 saturated heterocycles. The van der Waals surface area contributed by atoms with Gasteiger partial charge in [0.05, 0.1) is 6.61 Å². The molecule has 11 heavy (non-hydrogen) atoms. The maximum absolute atomic E-state index is 10.7. The summed E-state index contributed by atoms with van der Waals surface area (Å²) in [6.45, 7) is 0.752. The summed E-state index contributed by atoms with van der Waals surface area (Å²) in [5.74, 6) is 0. The van der Waals surface area contributed by atoms with Gasteiger partial charge in [-0.2, -0.15) is 0 Å². The summed E-state index contributed by atoms with van der Waals surface area (Å²) in [7, 11) is -3.89. The van der Waals surface area contributed by atoms with E-state index in [4.69, 9.17) is 10.4 Å². The van der Waals surface area contributed by atoms with Crippen LogP contribution in [-0.4, -0.2) is 23.8 Å². The molecular formula is C3H10NaO6P. The topological polar surface area (TPSA) is 85.2 Å². The third kappa shape index (κ3) is 6.21. The van der Waals surface area contributed by atoms with Crippen molar-refractivity contribution in [3.8, 4) is 0 Å². The predicted octanol–water partition coefficient (Wildman–Crippen LogP) is -2.30. The molecule has 0 aliphatic rings. The van der Waals surface area contributed by atoms with Gasteiger partial charge in [-0.05, 0) is 6.92 Å². The van der Waals surface area contributed by atoms with E-state index in [1.54, 1.807) is 0 Å². The molecule has 0 fully saturated rings. The van der Waals surface area contributed by atoms with E-state index < -0.39 is 14.6 Å². The summed E-state index contributed by atoms with van der Waals surface area (Å²) in [5, 5.41) is 16.0. The molecule has 0 rings (SSSR count). The molecule has 1 atom stereocenters. The van der Waals surface area contributed by atoms with Crippen LogP contribution < -0.4 is 29.6 Å². The molecule has 0 bridgehead atoms. The summed E-state index contributed by atoms with van der Waals surface area (Å²) in [4.78, 5) is 0. The van der Waals surface area contributed by atoms with Crippen LogP contribution >= 0.6 is 7.82 Å². The predicted molar refractivity (Wildman–Crippen MR) is 32.2 cm³/mol. The fourth-order valence-electron chi connectivity index (χ4n) is 0.313. The Balaban J connectivity index is -0.000000405. The first-order valence-corrected chi connectivity index (χ1v) is 3.97. The Morgan fingerprint density at radius 2 is 2.09 bits per heavy atom. The van der Waals surface area contributed by atoms with Gasteiger partial charge in [-0.25, -0.2) is 9.82 Å². The van der Waals surface area contributed by atoms with Crippen LogP contribution in [0.1, 0.15) is 8.35 Å². The first kappa shape index (κ1) is 14.5. The van der Waals surface area contributed by atoms with E-state index in [0.29, 0.717) is 0 Å². The Hall–Kier alpha value is 1.03. The van der Waals surface area contributed by atoms with Gasteiger partial charge in [0.25, 0.3) is 0 Å². The van der Waals surface area contributed by atoms with E-state index >= 15 is 0 Å². The average Bonchev–Trinajstić information content (AvgIpc) is 1.89. The molecule has 64 valence electrons. The van der Waals surface area contributed by atoms with E-state index in [0.717, 1.165) is 0 Å². The number of phosphoric acid groups is 1. The summed E-state index contributed by atoms with van der Waals surface area (Å²) >= 11 is 0. The molecule has 8 heteroatoms. The SMILES string of the molecule is CCOP(=O)(OO)OCO.[H-].[Na+]. The number of hydrogen-bond acceptors (Lipinski definition) is 6. The fraction of sp³-hybridized carbons (Fsp3) is 1.00. The maximum atomic E-state index is 10.7. The van der Waals surface area contributed by atoms with Gasteiger partial charge in [0, 0.05) is 0 Å². The molecule has 0 spiro atoms. The number of aliphatic hydroxyl groups is 1. The minimum absolute atomic E-state index is 0. The zero-order valence-electron chi connectivity index (χ0n) is 7.39. The van der Waals surface area contributed by atoms with Crippen molar-refractivity contribution in [1.29, 1.82) is 0 Å². The zero-order valence-corrected chi connectivity index (χ0v) is 9.28. The van der Waals surface area contributed by atoms with Crippen LogP contribution in [-0.2, 0) is 18.3 Å². The van der Waals surface area contributed by atoms with Crippen molar-refractivity contribution in [3.63, 3.8) is 0 Å². The van der Waals surface area contributed by atoms with Crippen molar-refractivity contribution in [2.75, 3.05) is 13.4 Å². The quantitative estimate of drug-likeness (QED) is 0.169. The van der Waals surface area contributed by atoms with Gasteiger partial charge in [-0.1, -0.05) is 0 Å². The molecule has 0 heterocycles. The normalized spacial score (nSPS) is 15.2. The van der Waals surface area contributed by atoms with Gasteiger partial charge >= 0.3 is 37.4 Å². The molecule has 0 aliphatic carbocycles. The Morgan fingerprint density at radius 3 is 2.36 bits per heavy atom. The molecule has 0 saturated carbocycles. The number of phosphoric ester groups is 1. The molecule has 1 unspecified atom stereocenters. The first-order chi connectivity index (χ1) is 4.68. The second-order valence-electron chi connectivity index (χ2n) is 1.20. The third-order valence-electron chi connectivity index (χ3n) is 0.603. The van der Waals surface area contributed by atoms with Gasteiger partial charge in [-0.3, -0.25) is 9.05 Å². The van der Waals surface area contributed by atoms with Crippen molar-refractivity contribution in [2.45, 2.75) is 6.92 Å². The van der Waals surface area contributed by atoms with Crippen molar-refractivity contribution in [1.82, 2.24) is 0 Å². The fourth-order valence-corrected chi connectivity index (χ4v) is 0.940. The van der Waals surface area contributed by atoms with E-state index in [1.165, 1.54) is 6.92 Å². The monoisotopic (exact) mass is 196 g/mol. The van der Waals surface area contributed by atoms with E-state index in [-0.39, 0.29) is 37.6 Å². The molecular weight excluding hydrogens is 186 g/mol. The smallest absolute Gasteiger partial charge is 1.00 e. The molecule has 0 radical (unpaired) electrons. The third-order valence-corrected chi connectivity index (χ3v) is 1.81. The van der Waals surface area contributed by atoms with Crippen LogP contribution in [0.2, 0.25) is 0 Å². The summed E-state index contributed by atoms with van der Waals surface area (Å²) in [6.07, 6.45) is 0. The largest absolute Gasteiger partial charge is 1.00 e. The van der Waals surface area contributed by atoms with Gasteiger partial charge in [0.2, 0.25) is 0 Å². The molecule has 0 aromatic heterocycles. The summed E-state index contributed by atoms with van der Waals surface area (Å²) < 4.78 is 22.4. The van der Waals surface area contributed by atoms with Gasteiger partial charge in [-0.15, -0.1) is 4.67 Å².